The van der Waals surface area contributed by atoms with Crippen LogP contribution in [0, 0.1) is 41.4 Å². The van der Waals surface area contributed by atoms with Crippen LogP contribution in [-0.2, 0) is 14.4 Å². The van der Waals surface area contributed by atoms with Crippen LogP contribution < -0.4 is 0 Å². The van der Waals surface area contributed by atoms with Crippen molar-refractivity contribution in [2.75, 3.05) is 6.54 Å². The number of rotatable bonds is 2. The van der Waals surface area contributed by atoms with Crippen molar-refractivity contribution < 1.29 is 14.4 Å². The molecule has 0 aromatic heterocycles. The highest BCUT2D eigenvalue weighted by atomic mass is 16.2. The van der Waals surface area contributed by atoms with Gasteiger partial charge in [0, 0.05) is 25.3 Å². The quantitative estimate of drug-likeness (QED) is 0.228. The minimum absolute atomic E-state index is 0.0507. The van der Waals surface area contributed by atoms with Crippen LogP contribution >= 0.6 is 0 Å². The number of piperidine rings is 1. The number of Topliss-reactive ketones (excluding diaryl/α,β-unsaturated/α-hetero) is 2. The Morgan fingerprint density at radius 1 is 0.756 bits per heavy atom. The monoisotopic (exact) mass is 622 g/mol. The van der Waals surface area contributed by atoms with E-state index in [9.17, 15) is 14.4 Å². The second-order valence-corrected chi connectivity index (χ2v) is 15.1. The van der Waals surface area contributed by atoms with E-state index < -0.39 is 0 Å². The third kappa shape index (κ3) is 11.7. The fraction of sp³-hybridized carbons (Fsp3) is 0.780. The molecule has 4 rings (SSSR count). The first-order valence-electron chi connectivity index (χ1n) is 19.1. The molecule has 45 heavy (non-hydrogen) atoms. The number of amides is 1. The number of ketones is 2. The first-order chi connectivity index (χ1) is 21.7. The van der Waals surface area contributed by atoms with Crippen molar-refractivity contribution >= 4 is 17.5 Å². The smallest absolute Gasteiger partial charge is 0.290 e. The number of carbonyl (C=O) groups is 3. The van der Waals surface area contributed by atoms with Crippen molar-refractivity contribution in [3.63, 3.8) is 0 Å². The summed E-state index contributed by atoms with van der Waals surface area (Å²) in [5, 5.41) is 0. The lowest BCUT2D eigenvalue weighted by Gasteiger charge is -2.41. The zero-order valence-corrected chi connectivity index (χ0v) is 29.7. The van der Waals surface area contributed by atoms with Gasteiger partial charge in [0.25, 0.3) is 5.91 Å². The second kappa shape index (κ2) is 19.6. The molecule has 2 heterocycles. The van der Waals surface area contributed by atoms with Gasteiger partial charge in [0.05, 0.1) is 6.04 Å². The molecule has 0 spiro atoms. The molecule has 0 aromatic carbocycles. The maximum Gasteiger partial charge on any atom is 0.290 e. The predicted molar refractivity (Wildman–Crippen MR) is 189 cm³/mol. The topological polar surface area (TPSA) is 54.5 Å². The molecule has 4 heteroatoms. The average molecular weight is 622 g/mol. The molecular formula is C41H67NO3. The number of fused-ring (bicyclic) bond motifs is 3. The fourth-order valence-corrected chi connectivity index (χ4v) is 8.78. The maximum absolute atomic E-state index is 13.9. The van der Waals surface area contributed by atoms with Gasteiger partial charge in [-0.3, -0.25) is 14.4 Å². The average Bonchev–Trinajstić information content (AvgIpc) is 3.03. The molecule has 4 aliphatic rings. The van der Waals surface area contributed by atoms with Gasteiger partial charge in [0.2, 0.25) is 5.78 Å². The van der Waals surface area contributed by atoms with Gasteiger partial charge in [-0.05, 0) is 113 Å². The Bertz CT molecular complexity index is 1010. The zero-order chi connectivity index (χ0) is 32.8. The molecule has 2 aliphatic heterocycles. The Morgan fingerprint density at radius 3 is 2.27 bits per heavy atom. The Hall–Kier alpha value is -1.97. The number of carbonyl (C=O) groups excluding carboxylic acids is 3. The van der Waals surface area contributed by atoms with Crippen LogP contribution in [0.1, 0.15) is 150 Å². The summed E-state index contributed by atoms with van der Waals surface area (Å²) in [4.78, 5) is 42.4. The lowest BCUT2D eigenvalue weighted by molar-refractivity contribution is -0.150. The van der Waals surface area contributed by atoms with Gasteiger partial charge in [0.15, 0.2) is 0 Å². The van der Waals surface area contributed by atoms with Crippen molar-refractivity contribution in [2.45, 2.75) is 156 Å². The summed E-state index contributed by atoms with van der Waals surface area (Å²) in [6.07, 6.45) is 27.4. The van der Waals surface area contributed by atoms with E-state index in [2.05, 4.69) is 51.7 Å². The highest BCUT2D eigenvalue weighted by Gasteiger charge is 2.41. The van der Waals surface area contributed by atoms with Crippen LogP contribution in [0.5, 0.6) is 0 Å². The van der Waals surface area contributed by atoms with Gasteiger partial charge < -0.3 is 4.90 Å². The Kier molecular flexibility index (Phi) is 16.4. The number of hydrogen-bond donors (Lipinski definition) is 0. The standard InChI is InChI=1S/C39H61NO3.C2H6/c1-28-14-12-15-32(24-28)21-22-33-16-13-19-35(41)18-9-7-5-6-8-17-34-27-36(30(3)25-29(34)2)38(42)39(43)40-23-11-10-20-37(40)31(4)26-33;1-2/h7,9,21-22,28-30,32-34,36-37H,4-6,8,10-20,23-27H2,1-3H3;1-2H3/b9-7+,22-21+;/t28?,29?,30?,32?,33-,34?,36?,37-;/m0./s1. The second-order valence-electron chi connectivity index (χ2n) is 15.1. The molecular weight excluding hydrogens is 554 g/mol. The normalized spacial score (nSPS) is 36.0. The lowest BCUT2D eigenvalue weighted by atomic mass is 9.66. The molecule has 2 aliphatic carbocycles. The third-order valence-corrected chi connectivity index (χ3v) is 11.5. The van der Waals surface area contributed by atoms with Crippen LogP contribution in [-0.4, -0.2) is 35.0 Å². The van der Waals surface area contributed by atoms with Crippen molar-refractivity contribution in [2.24, 2.45) is 41.4 Å². The molecule has 8 atom stereocenters. The van der Waals surface area contributed by atoms with Gasteiger partial charge in [0.1, 0.15) is 5.78 Å². The van der Waals surface area contributed by atoms with Gasteiger partial charge in [-0.2, -0.15) is 0 Å². The van der Waals surface area contributed by atoms with Gasteiger partial charge in [-0.25, -0.2) is 0 Å². The summed E-state index contributed by atoms with van der Waals surface area (Å²) in [5.74, 6) is 2.89. The summed E-state index contributed by atoms with van der Waals surface area (Å²) in [7, 11) is 0. The number of allylic oxidation sites excluding steroid dienone is 4. The maximum atomic E-state index is 13.9. The summed E-state index contributed by atoms with van der Waals surface area (Å²) >= 11 is 0. The van der Waals surface area contributed by atoms with Gasteiger partial charge in [-0.1, -0.05) is 96.8 Å². The van der Waals surface area contributed by atoms with E-state index in [1.54, 1.807) is 0 Å². The van der Waals surface area contributed by atoms with Crippen LogP contribution in [0.15, 0.2) is 36.5 Å². The van der Waals surface area contributed by atoms with E-state index in [-0.39, 0.29) is 29.6 Å². The van der Waals surface area contributed by atoms with Crippen molar-refractivity contribution in [1.82, 2.24) is 4.90 Å². The molecule has 0 aromatic rings. The number of hydrogen-bond acceptors (Lipinski definition) is 3. The molecule has 2 saturated carbocycles. The summed E-state index contributed by atoms with van der Waals surface area (Å²) in [5.41, 5.74) is 1.09. The van der Waals surface area contributed by atoms with E-state index in [4.69, 9.17) is 0 Å². The van der Waals surface area contributed by atoms with Crippen molar-refractivity contribution in [3.8, 4) is 0 Å². The van der Waals surface area contributed by atoms with E-state index in [1.165, 1.54) is 25.7 Å². The summed E-state index contributed by atoms with van der Waals surface area (Å²) in [6, 6.07) is -0.0507. The van der Waals surface area contributed by atoms with Gasteiger partial charge in [-0.15, -0.1) is 0 Å². The largest absolute Gasteiger partial charge is 0.329 e. The van der Waals surface area contributed by atoms with Crippen LogP contribution in [0.2, 0.25) is 0 Å². The van der Waals surface area contributed by atoms with E-state index in [0.717, 1.165) is 88.5 Å². The number of nitrogens with zero attached hydrogens (tertiary/aromatic N) is 1. The fourth-order valence-electron chi connectivity index (χ4n) is 8.78. The van der Waals surface area contributed by atoms with Crippen molar-refractivity contribution in [3.05, 3.63) is 36.5 Å². The Balaban J connectivity index is 0.00000271. The molecule has 1 amide bonds. The van der Waals surface area contributed by atoms with E-state index >= 15 is 0 Å². The third-order valence-electron chi connectivity index (χ3n) is 11.5. The molecule has 254 valence electrons. The minimum atomic E-state index is -0.249. The first kappa shape index (κ1) is 37.5. The zero-order valence-electron chi connectivity index (χ0n) is 29.7. The molecule has 6 unspecified atom stereocenters. The van der Waals surface area contributed by atoms with Crippen LogP contribution in [0.4, 0.5) is 0 Å². The lowest BCUT2D eigenvalue weighted by Crippen LogP contribution is -2.50. The Labute approximate surface area is 276 Å². The molecule has 4 nitrogen and oxygen atoms in total. The van der Waals surface area contributed by atoms with E-state index in [0.29, 0.717) is 48.8 Å². The first-order valence-corrected chi connectivity index (χ1v) is 19.1. The molecule has 2 bridgehead atoms. The Morgan fingerprint density at radius 2 is 1.49 bits per heavy atom. The highest BCUT2D eigenvalue weighted by molar-refractivity contribution is 6.37. The van der Waals surface area contributed by atoms with Gasteiger partial charge >= 0.3 is 0 Å². The molecule has 1 saturated heterocycles. The summed E-state index contributed by atoms with van der Waals surface area (Å²) < 4.78 is 0. The van der Waals surface area contributed by atoms with Crippen molar-refractivity contribution in [1.29, 1.82) is 0 Å². The predicted octanol–water partition coefficient (Wildman–Crippen LogP) is 10.5. The molecule has 0 N–H and O–H groups in total. The van der Waals surface area contributed by atoms with E-state index in [1.807, 2.05) is 18.7 Å². The summed E-state index contributed by atoms with van der Waals surface area (Å²) in [6.45, 7) is 16.1. The SMILES string of the molecule is C=C1C[C@H](/C=C/C2CCCC(C)C2)CCCC(=O)C/C=C/CCCCC2CC(C(=O)C(=O)N3CCCC[C@@H]13)C(C)CC2C.CC. The minimum Gasteiger partial charge on any atom is -0.329 e. The van der Waals surface area contributed by atoms with Crippen LogP contribution in [0.25, 0.3) is 0 Å². The van der Waals surface area contributed by atoms with Crippen LogP contribution in [0.3, 0.4) is 0 Å². The highest BCUT2D eigenvalue weighted by Crippen LogP contribution is 2.41. The molecule has 0 radical (unpaired) electrons. The molecule has 3 fully saturated rings.